The maximum absolute atomic E-state index is 12.9. The van der Waals surface area contributed by atoms with E-state index < -0.39 is 6.09 Å². The van der Waals surface area contributed by atoms with Crippen LogP contribution in [0.4, 0.5) is 9.93 Å². The van der Waals surface area contributed by atoms with E-state index in [1.807, 2.05) is 4.90 Å². The summed E-state index contributed by atoms with van der Waals surface area (Å²) in [4.78, 5) is 30.3. The second-order valence-corrected chi connectivity index (χ2v) is 7.12. The molecule has 0 radical (unpaired) electrons. The van der Waals surface area contributed by atoms with Crippen LogP contribution in [0, 0.1) is 12.8 Å². The number of hydrogen-bond acceptors (Lipinski definition) is 4. The van der Waals surface area contributed by atoms with E-state index in [1.54, 1.807) is 6.92 Å². The van der Waals surface area contributed by atoms with Crippen LogP contribution in [0.3, 0.4) is 0 Å². The number of nitrogens with one attached hydrogen (secondary N) is 1. The molecule has 2 aliphatic rings. The molecular formula is C15H21N3O3S. The molecule has 2 amide bonds. The standard InChI is InChI=1S/C15H21N3O3S/c1-9-12(22-14(16-9)17-15(20)21)13(19)18-8-4-6-10-5-2-3-7-11(10)18/h10-11H,2-8H2,1H3,(H,16,17)(H,20,21). The number of amides is 2. The van der Waals surface area contributed by atoms with Crippen LogP contribution in [0.2, 0.25) is 0 Å². The summed E-state index contributed by atoms with van der Waals surface area (Å²) in [6.07, 6.45) is 5.91. The third-order valence-electron chi connectivity index (χ3n) is 4.71. The fourth-order valence-corrected chi connectivity index (χ4v) is 4.66. The van der Waals surface area contributed by atoms with Crippen molar-refractivity contribution in [3.05, 3.63) is 10.6 Å². The number of aryl methyl sites for hydroxylation is 1. The van der Waals surface area contributed by atoms with Gasteiger partial charge in [-0.15, -0.1) is 0 Å². The number of hydrogen-bond donors (Lipinski definition) is 2. The van der Waals surface area contributed by atoms with Gasteiger partial charge in [0.1, 0.15) is 4.88 Å². The maximum atomic E-state index is 12.9. The van der Waals surface area contributed by atoms with Crippen molar-refractivity contribution in [2.24, 2.45) is 5.92 Å². The number of fused-ring (bicyclic) bond motifs is 1. The van der Waals surface area contributed by atoms with Gasteiger partial charge in [0.05, 0.1) is 5.69 Å². The molecular weight excluding hydrogens is 302 g/mol. The molecule has 1 aliphatic heterocycles. The Morgan fingerprint density at radius 1 is 1.27 bits per heavy atom. The van der Waals surface area contributed by atoms with Gasteiger partial charge >= 0.3 is 6.09 Å². The zero-order valence-corrected chi connectivity index (χ0v) is 13.5. The molecule has 0 spiro atoms. The highest BCUT2D eigenvalue weighted by molar-refractivity contribution is 7.17. The minimum absolute atomic E-state index is 0.0186. The minimum Gasteiger partial charge on any atom is -0.465 e. The van der Waals surface area contributed by atoms with Gasteiger partial charge in [-0.2, -0.15) is 0 Å². The van der Waals surface area contributed by atoms with E-state index in [2.05, 4.69) is 10.3 Å². The van der Waals surface area contributed by atoms with Gasteiger partial charge in [0.25, 0.3) is 5.91 Å². The summed E-state index contributed by atoms with van der Waals surface area (Å²) < 4.78 is 0. The molecule has 1 saturated heterocycles. The monoisotopic (exact) mass is 323 g/mol. The van der Waals surface area contributed by atoms with Gasteiger partial charge in [-0.25, -0.2) is 9.78 Å². The number of carboxylic acid groups (broad SMARTS) is 1. The van der Waals surface area contributed by atoms with Gasteiger partial charge in [0, 0.05) is 12.6 Å². The zero-order valence-electron chi connectivity index (χ0n) is 12.7. The van der Waals surface area contributed by atoms with Gasteiger partial charge in [0.15, 0.2) is 5.13 Å². The molecule has 3 rings (SSSR count). The molecule has 1 aromatic rings. The third kappa shape index (κ3) is 2.95. The number of nitrogens with zero attached hydrogens (tertiary/aromatic N) is 2. The Hall–Kier alpha value is -1.63. The lowest BCUT2D eigenvalue weighted by Gasteiger charge is -2.44. The van der Waals surface area contributed by atoms with Gasteiger partial charge < -0.3 is 10.0 Å². The molecule has 7 heteroatoms. The van der Waals surface area contributed by atoms with Crippen LogP contribution in [0.25, 0.3) is 0 Å². The molecule has 1 aromatic heterocycles. The molecule has 2 atom stereocenters. The Morgan fingerprint density at radius 2 is 2.00 bits per heavy atom. The van der Waals surface area contributed by atoms with Crippen molar-refractivity contribution in [2.75, 3.05) is 11.9 Å². The molecule has 6 nitrogen and oxygen atoms in total. The van der Waals surface area contributed by atoms with E-state index in [0.717, 1.165) is 30.7 Å². The molecule has 2 fully saturated rings. The fourth-order valence-electron chi connectivity index (χ4n) is 3.75. The number of thiazole rings is 1. The summed E-state index contributed by atoms with van der Waals surface area (Å²) in [7, 11) is 0. The van der Waals surface area contributed by atoms with Crippen LogP contribution in [0.5, 0.6) is 0 Å². The normalized spacial score (nSPS) is 24.7. The lowest BCUT2D eigenvalue weighted by atomic mass is 9.78. The number of rotatable bonds is 2. The van der Waals surface area contributed by atoms with E-state index in [-0.39, 0.29) is 11.0 Å². The number of aromatic nitrogens is 1. The molecule has 120 valence electrons. The predicted molar refractivity (Wildman–Crippen MR) is 84.5 cm³/mol. The number of likely N-dealkylation sites (tertiary alicyclic amines) is 1. The summed E-state index contributed by atoms with van der Waals surface area (Å²) in [5.74, 6) is 0.654. The lowest BCUT2D eigenvalue weighted by Crippen LogP contribution is -2.49. The van der Waals surface area contributed by atoms with Gasteiger partial charge in [-0.3, -0.25) is 10.1 Å². The van der Waals surface area contributed by atoms with Gasteiger partial charge in [0.2, 0.25) is 0 Å². The Balaban J connectivity index is 1.80. The maximum Gasteiger partial charge on any atom is 0.410 e. The first-order chi connectivity index (χ1) is 10.6. The SMILES string of the molecule is Cc1nc(NC(=O)O)sc1C(=O)N1CCCC2CCCCC21. The summed E-state index contributed by atoms with van der Waals surface area (Å²) in [5, 5.41) is 11.3. The third-order valence-corrected chi connectivity index (χ3v) is 5.77. The quantitative estimate of drug-likeness (QED) is 0.874. The molecule has 0 bridgehead atoms. The molecule has 1 aliphatic carbocycles. The van der Waals surface area contributed by atoms with Crippen LogP contribution in [-0.4, -0.2) is 39.6 Å². The largest absolute Gasteiger partial charge is 0.465 e. The topological polar surface area (TPSA) is 82.5 Å². The predicted octanol–water partition coefficient (Wildman–Crippen LogP) is 3.34. The van der Waals surface area contributed by atoms with Crippen molar-refractivity contribution in [1.29, 1.82) is 0 Å². The Morgan fingerprint density at radius 3 is 2.77 bits per heavy atom. The van der Waals surface area contributed by atoms with Crippen molar-refractivity contribution in [2.45, 2.75) is 51.5 Å². The van der Waals surface area contributed by atoms with Crippen LogP contribution in [0.1, 0.15) is 53.9 Å². The summed E-state index contributed by atoms with van der Waals surface area (Å²) in [5.41, 5.74) is 0.608. The van der Waals surface area contributed by atoms with E-state index >= 15 is 0 Å². The Labute approximate surface area is 133 Å². The average Bonchev–Trinajstić information content (AvgIpc) is 2.85. The second-order valence-electron chi connectivity index (χ2n) is 6.12. The van der Waals surface area contributed by atoms with Crippen LogP contribution in [-0.2, 0) is 0 Å². The van der Waals surface area contributed by atoms with Crippen LogP contribution in [0.15, 0.2) is 0 Å². The Kier molecular flexibility index (Phi) is 4.33. The summed E-state index contributed by atoms with van der Waals surface area (Å²) >= 11 is 1.13. The van der Waals surface area contributed by atoms with Crippen molar-refractivity contribution in [3.63, 3.8) is 0 Å². The van der Waals surface area contributed by atoms with Gasteiger partial charge in [-0.05, 0) is 38.5 Å². The highest BCUT2D eigenvalue weighted by Gasteiger charge is 2.37. The second kappa shape index (κ2) is 6.24. The lowest BCUT2D eigenvalue weighted by molar-refractivity contribution is 0.0394. The van der Waals surface area contributed by atoms with E-state index in [0.29, 0.717) is 22.5 Å². The molecule has 1 saturated carbocycles. The highest BCUT2D eigenvalue weighted by atomic mass is 32.1. The first kappa shape index (κ1) is 15.3. The van der Waals surface area contributed by atoms with Crippen LogP contribution < -0.4 is 5.32 Å². The molecule has 2 N–H and O–H groups in total. The average molecular weight is 323 g/mol. The number of anilines is 1. The molecule has 0 aromatic carbocycles. The van der Waals surface area contributed by atoms with E-state index in [9.17, 15) is 9.59 Å². The fraction of sp³-hybridized carbons (Fsp3) is 0.667. The number of carbonyl (C=O) groups is 2. The van der Waals surface area contributed by atoms with Crippen molar-refractivity contribution >= 4 is 28.5 Å². The first-order valence-corrected chi connectivity index (χ1v) is 8.66. The summed E-state index contributed by atoms with van der Waals surface area (Å²) in [6.45, 7) is 2.57. The smallest absolute Gasteiger partial charge is 0.410 e. The minimum atomic E-state index is -1.15. The van der Waals surface area contributed by atoms with Crippen molar-refractivity contribution < 1.29 is 14.7 Å². The molecule has 22 heavy (non-hydrogen) atoms. The molecule has 2 unspecified atom stereocenters. The number of carbonyl (C=O) groups excluding carboxylic acids is 1. The number of piperidine rings is 1. The Bertz CT molecular complexity index is 585. The summed E-state index contributed by atoms with van der Waals surface area (Å²) in [6, 6.07) is 0.354. The van der Waals surface area contributed by atoms with Crippen molar-refractivity contribution in [3.8, 4) is 0 Å². The molecule has 2 heterocycles. The highest BCUT2D eigenvalue weighted by Crippen LogP contribution is 2.37. The van der Waals surface area contributed by atoms with Crippen molar-refractivity contribution in [1.82, 2.24) is 9.88 Å². The van der Waals surface area contributed by atoms with Gasteiger partial charge in [-0.1, -0.05) is 24.2 Å². The van der Waals surface area contributed by atoms with E-state index in [4.69, 9.17) is 5.11 Å². The first-order valence-electron chi connectivity index (χ1n) is 7.84. The van der Waals surface area contributed by atoms with E-state index in [1.165, 1.54) is 25.7 Å². The van der Waals surface area contributed by atoms with Crippen LogP contribution >= 0.6 is 11.3 Å². The zero-order chi connectivity index (χ0) is 15.7.